The van der Waals surface area contributed by atoms with Gasteiger partial charge in [0, 0.05) is 20.2 Å². The van der Waals surface area contributed by atoms with Crippen LogP contribution in [0.4, 0.5) is 0 Å². The van der Waals surface area contributed by atoms with Gasteiger partial charge in [0.15, 0.2) is 0 Å². The van der Waals surface area contributed by atoms with Crippen molar-refractivity contribution in [3.8, 4) is 0 Å². The van der Waals surface area contributed by atoms with Gasteiger partial charge in [-0.2, -0.15) is 0 Å². The molecule has 0 N–H and O–H groups in total. The molecule has 2 aliphatic rings. The lowest BCUT2D eigenvalue weighted by Gasteiger charge is -2.33. The molecule has 1 aliphatic heterocycles. The van der Waals surface area contributed by atoms with Crippen LogP contribution in [0, 0.1) is 5.41 Å². The maximum absolute atomic E-state index is 12.0. The highest BCUT2D eigenvalue weighted by Gasteiger charge is 2.40. The summed E-state index contributed by atoms with van der Waals surface area (Å²) >= 11 is 0. The number of rotatable bonds is 5. The summed E-state index contributed by atoms with van der Waals surface area (Å²) in [4.78, 5) is 14.0. The molecule has 18 heavy (non-hydrogen) atoms. The fraction of sp³-hybridized carbons (Fsp3) is 0.929. The molecule has 1 heterocycles. The van der Waals surface area contributed by atoms with Crippen molar-refractivity contribution in [2.45, 2.75) is 38.5 Å². The molecule has 1 saturated heterocycles. The highest BCUT2D eigenvalue weighted by Crippen LogP contribution is 2.43. The molecular weight excluding hydrogens is 230 g/mol. The molecule has 1 spiro atoms. The van der Waals surface area contributed by atoms with Crippen LogP contribution in [0.25, 0.3) is 0 Å². The first kappa shape index (κ1) is 13.8. The lowest BCUT2D eigenvalue weighted by Crippen LogP contribution is -2.35. The molecule has 1 saturated carbocycles. The lowest BCUT2D eigenvalue weighted by atomic mass is 9.73. The maximum atomic E-state index is 12.0. The number of methoxy groups -OCH3 is 1. The first-order chi connectivity index (χ1) is 8.76. The van der Waals surface area contributed by atoms with Gasteiger partial charge >= 0.3 is 0 Å². The number of carbonyl (C=O) groups is 1. The van der Waals surface area contributed by atoms with Gasteiger partial charge in [-0.3, -0.25) is 4.79 Å². The monoisotopic (exact) mass is 255 g/mol. The highest BCUT2D eigenvalue weighted by atomic mass is 16.5. The minimum Gasteiger partial charge on any atom is -0.382 e. The predicted octanol–water partition coefficient (Wildman–Crippen LogP) is 1.83. The van der Waals surface area contributed by atoms with E-state index in [0.29, 0.717) is 18.6 Å². The minimum atomic E-state index is 0.147. The van der Waals surface area contributed by atoms with E-state index in [1.54, 1.807) is 7.11 Å². The Morgan fingerprint density at radius 2 is 1.94 bits per heavy atom. The summed E-state index contributed by atoms with van der Waals surface area (Å²) in [5, 5.41) is 0. The van der Waals surface area contributed by atoms with E-state index >= 15 is 0 Å². The molecule has 104 valence electrons. The minimum absolute atomic E-state index is 0.147. The zero-order valence-corrected chi connectivity index (χ0v) is 11.5. The number of carbonyl (C=O) groups excluding carboxylic acids is 1. The molecule has 0 aromatic heterocycles. The Balaban J connectivity index is 1.72. The van der Waals surface area contributed by atoms with Gasteiger partial charge in [-0.1, -0.05) is 19.3 Å². The van der Waals surface area contributed by atoms with E-state index in [1.165, 1.54) is 38.5 Å². The molecule has 2 rings (SSSR count). The van der Waals surface area contributed by atoms with E-state index in [0.717, 1.165) is 13.1 Å². The van der Waals surface area contributed by atoms with Crippen molar-refractivity contribution < 1.29 is 14.3 Å². The average molecular weight is 255 g/mol. The summed E-state index contributed by atoms with van der Waals surface area (Å²) in [6.45, 7) is 3.14. The third kappa shape index (κ3) is 3.45. The third-order valence-corrected chi connectivity index (χ3v) is 4.36. The SMILES string of the molecule is COCCOCC(=O)N1CCC2(CCCCC2)C1. The summed E-state index contributed by atoms with van der Waals surface area (Å²) in [6.07, 6.45) is 7.86. The van der Waals surface area contributed by atoms with Gasteiger partial charge in [0.05, 0.1) is 13.2 Å². The molecule has 0 unspecified atom stereocenters. The van der Waals surface area contributed by atoms with Crippen molar-refractivity contribution in [1.29, 1.82) is 0 Å². The average Bonchev–Trinajstić information content (AvgIpc) is 2.79. The normalized spacial score (nSPS) is 22.6. The number of amides is 1. The molecule has 0 radical (unpaired) electrons. The van der Waals surface area contributed by atoms with Crippen LogP contribution in [0.3, 0.4) is 0 Å². The van der Waals surface area contributed by atoms with Crippen molar-refractivity contribution in [1.82, 2.24) is 4.90 Å². The van der Waals surface area contributed by atoms with E-state index in [9.17, 15) is 4.79 Å². The Morgan fingerprint density at radius 1 is 1.17 bits per heavy atom. The number of likely N-dealkylation sites (tertiary alicyclic amines) is 1. The largest absolute Gasteiger partial charge is 0.382 e. The molecule has 4 heteroatoms. The van der Waals surface area contributed by atoms with Gasteiger partial charge in [0.2, 0.25) is 5.91 Å². The zero-order chi connectivity index (χ0) is 12.8. The first-order valence-corrected chi connectivity index (χ1v) is 7.10. The van der Waals surface area contributed by atoms with Crippen LogP contribution < -0.4 is 0 Å². The Kier molecular flexibility index (Phi) is 5.01. The van der Waals surface area contributed by atoms with Crippen LogP contribution in [0.15, 0.2) is 0 Å². The van der Waals surface area contributed by atoms with Gasteiger partial charge in [0.1, 0.15) is 6.61 Å². The molecule has 1 aliphatic carbocycles. The second kappa shape index (κ2) is 6.53. The highest BCUT2D eigenvalue weighted by molar-refractivity contribution is 5.77. The van der Waals surface area contributed by atoms with E-state index < -0.39 is 0 Å². The van der Waals surface area contributed by atoms with Crippen LogP contribution in [-0.4, -0.2) is 50.8 Å². The molecule has 1 amide bonds. The van der Waals surface area contributed by atoms with Gasteiger partial charge in [-0.05, 0) is 24.7 Å². The molecule has 4 nitrogen and oxygen atoms in total. The maximum Gasteiger partial charge on any atom is 0.248 e. The number of nitrogens with zero attached hydrogens (tertiary/aromatic N) is 1. The number of ether oxygens (including phenoxy) is 2. The lowest BCUT2D eigenvalue weighted by molar-refractivity contribution is -0.136. The molecule has 2 fully saturated rings. The van der Waals surface area contributed by atoms with Crippen molar-refractivity contribution in [3.63, 3.8) is 0 Å². The smallest absolute Gasteiger partial charge is 0.248 e. The number of hydrogen-bond acceptors (Lipinski definition) is 3. The van der Waals surface area contributed by atoms with Crippen molar-refractivity contribution in [2.24, 2.45) is 5.41 Å². The van der Waals surface area contributed by atoms with Crippen molar-refractivity contribution >= 4 is 5.91 Å². The standard InChI is InChI=1S/C14H25NO3/c1-17-9-10-18-11-13(16)15-8-7-14(12-15)5-3-2-4-6-14/h2-12H2,1H3. The summed E-state index contributed by atoms with van der Waals surface area (Å²) < 4.78 is 10.2. The van der Waals surface area contributed by atoms with Crippen molar-refractivity contribution in [2.75, 3.05) is 40.0 Å². The van der Waals surface area contributed by atoms with Crippen LogP contribution >= 0.6 is 0 Å². The quantitative estimate of drug-likeness (QED) is 0.704. The Labute approximate surface area is 110 Å². The predicted molar refractivity (Wildman–Crippen MR) is 69.4 cm³/mol. The topological polar surface area (TPSA) is 38.8 Å². The van der Waals surface area contributed by atoms with Crippen LogP contribution in [-0.2, 0) is 14.3 Å². The Morgan fingerprint density at radius 3 is 2.67 bits per heavy atom. The molecule has 0 aromatic carbocycles. The van der Waals surface area contributed by atoms with E-state index in [4.69, 9.17) is 9.47 Å². The van der Waals surface area contributed by atoms with Gasteiger partial charge in [-0.25, -0.2) is 0 Å². The Bertz CT molecular complexity index is 274. The van der Waals surface area contributed by atoms with E-state index in [1.807, 2.05) is 4.90 Å². The third-order valence-electron chi connectivity index (χ3n) is 4.36. The summed E-state index contributed by atoms with van der Waals surface area (Å²) in [5.74, 6) is 0.147. The molecule has 0 bridgehead atoms. The summed E-state index contributed by atoms with van der Waals surface area (Å²) in [5.41, 5.74) is 0.445. The van der Waals surface area contributed by atoms with Crippen molar-refractivity contribution in [3.05, 3.63) is 0 Å². The second-order valence-corrected chi connectivity index (χ2v) is 5.67. The zero-order valence-electron chi connectivity index (χ0n) is 11.5. The molecule has 0 aromatic rings. The van der Waals surface area contributed by atoms with Gasteiger partial charge in [0.25, 0.3) is 0 Å². The van der Waals surface area contributed by atoms with Gasteiger partial charge in [-0.15, -0.1) is 0 Å². The van der Waals surface area contributed by atoms with E-state index in [-0.39, 0.29) is 12.5 Å². The van der Waals surface area contributed by atoms with Crippen LogP contribution in [0.2, 0.25) is 0 Å². The van der Waals surface area contributed by atoms with Crippen LogP contribution in [0.5, 0.6) is 0 Å². The van der Waals surface area contributed by atoms with Crippen LogP contribution in [0.1, 0.15) is 38.5 Å². The fourth-order valence-corrected chi connectivity index (χ4v) is 3.25. The second-order valence-electron chi connectivity index (χ2n) is 5.67. The van der Waals surface area contributed by atoms with Gasteiger partial charge < -0.3 is 14.4 Å². The van der Waals surface area contributed by atoms with E-state index in [2.05, 4.69) is 0 Å². The molecule has 0 atom stereocenters. The molecular formula is C14H25NO3. The summed E-state index contributed by atoms with van der Waals surface area (Å²) in [7, 11) is 1.64. The Hall–Kier alpha value is -0.610. The first-order valence-electron chi connectivity index (χ1n) is 7.10. The summed E-state index contributed by atoms with van der Waals surface area (Å²) in [6, 6.07) is 0. The number of hydrogen-bond donors (Lipinski definition) is 0. The fourth-order valence-electron chi connectivity index (χ4n) is 3.25.